The summed E-state index contributed by atoms with van der Waals surface area (Å²) in [6.07, 6.45) is 7.02. The Labute approximate surface area is 152 Å². The van der Waals surface area contributed by atoms with Gasteiger partial charge in [-0.2, -0.15) is 0 Å². The second-order valence-corrected chi connectivity index (χ2v) is 6.75. The van der Waals surface area contributed by atoms with E-state index < -0.39 is 0 Å². The van der Waals surface area contributed by atoms with Crippen LogP contribution in [0.4, 0.5) is 0 Å². The van der Waals surface area contributed by atoms with Crippen molar-refractivity contribution in [2.45, 2.75) is 38.5 Å². The summed E-state index contributed by atoms with van der Waals surface area (Å²) in [6.45, 7) is 2.18. The molecule has 0 bridgehead atoms. The monoisotopic (exact) mass is 353 g/mol. The zero-order valence-corrected chi connectivity index (χ0v) is 14.9. The third-order valence-electron chi connectivity index (χ3n) is 4.55. The molecule has 1 aliphatic heterocycles. The number of nitrogens with zero attached hydrogens (tertiary/aromatic N) is 3. The molecule has 6 nitrogen and oxygen atoms in total. The van der Waals surface area contributed by atoms with Crippen LogP contribution in [0.25, 0.3) is 11.3 Å². The second kappa shape index (κ2) is 7.85. The third kappa shape index (κ3) is 4.03. The highest BCUT2D eigenvalue weighted by atomic mass is 16.5. The van der Waals surface area contributed by atoms with Crippen molar-refractivity contribution < 1.29 is 13.7 Å². The van der Waals surface area contributed by atoms with Gasteiger partial charge in [-0.1, -0.05) is 5.16 Å². The smallest absolute Gasteiger partial charge is 0.151 e. The lowest BCUT2D eigenvalue weighted by molar-refractivity contribution is 0.000886. The van der Waals surface area contributed by atoms with Crippen molar-refractivity contribution in [3.05, 3.63) is 60.0 Å². The Morgan fingerprint density at radius 1 is 1.15 bits per heavy atom. The summed E-state index contributed by atoms with van der Waals surface area (Å²) in [5.41, 5.74) is 1.75. The van der Waals surface area contributed by atoms with Crippen LogP contribution in [-0.2, 0) is 17.8 Å². The summed E-state index contributed by atoms with van der Waals surface area (Å²) < 4.78 is 17.2. The quantitative estimate of drug-likeness (QED) is 0.662. The van der Waals surface area contributed by atoms with E-state index in [1.54, 1.807) is 12.4 Å². The van der Waals surface area contributed by atoms with Gasteiger partial charge in [-0.15, -0.1) is 0 Å². The molecule has 3 aromatic rings. The lowest BCUT2D eigenvalue weighted by Gasteiger charge is -2.20. The molecular formula is C20H23N3O3. The number of aromatic nitrogens is 2. The van der Waals surface area contributed by atoms with E-state index in [0.717, 1.165) is 48.0 Å². The van der Waals surface area contributed by atoms with Crippen molar-refractivity contribution in [2.75, 3.05) is 13.7 Å². The van der Waals surface area contributed by atoms with E-state index in [4.69, 9.17) is 13.7 Å². The Morgan fingerprint density at radius 2 is 2.08 bits per heavy atom. The molecule has 0 aliphatic carbocycles. The third-order valence-corrected chi connectivity index (χ3v) is 4.55. The SMILES string of the molecule is CN(Cc1cc(-c2cccnc2)no1)Cc1ccc([C@@H]2CCCCO2)o1. The minimum absolute atomic E-state index is 0.110. The van der Waals surface area contributed by atoms with E-state index in [-0.39, 0.29) is 6.10 Å². The Morgan fingerprint density at radius 3 is 2.88 bits per heavy atom. The van der Waals surface area contributed by atoms with E-state index >= 15 is 0 Å². The van der Waals surface area contributed by atoms with E-state index in [2.05, 4.69) is 15.0 Å². The molecule has 0 radical (unpaired) electrons. The van der Waals surface area contributed by atoms with Crippen LogP contribution in [0.1, 0.15) is 42.6 Å². The summed E-state index contributed by atoms with van der Waals surface area (Å²) in [6, 6.07) is 9.88. The van der Waals surface area contributed by atoms with Gasteiger partial charge in [-0.25, -0.2) is 0 Å². The summed E-state index contributed by atoms with van der Waals surface area (Å²) >= 11 is 0. The van der Waals surface area contributed by atoms with Gasteiger partial charge in [0.25, 0.3) is 0 Å². The number of ether oxygens (including phenoxy) is 1. The summed E-state index contributed by atoms with van der Waals surface area (Å²) in [7, 11) is 2.03. The molecule has 0 N–H and O–H groups in total. The molecule has 0 saturated carbocycles. The molecule has 136 valence electrons. The highest BCUT2D eigenvalue weighted by molar-refractivity contribution is 5.57. The number of furan rings is 1. The van der Waals surface area contributed by atoms with Crippen LogP contribution in [0, 0.1) is 0 Å². The Kier molecular flexibility index (Phi) is 5.13. The molecule has 6 heteroatoms. The predicted molar refractivity (Wildman–Crippen MR) is 96.2 cm³/mol. The van der Waals surface area contributed by atoms with Gasteiger partial charge in [-0.3, -0.25) is 9.88 Å². The van der Waals surface area contributed by atoms with Crippen LogP contribution in [0.5, 0.6) is 0 Å². The Hall–Kier alpha value is -2.44. The van der Waals surface area contributed by atoms with Gasteiger partial charge >= 0.3 is 0 Å². The van der Waals surface area contributed by atoms with Crippen LogP contribution in [0.2, 0.25) is 0 Å². The van der Waals surface area contributed by atoms with Crippen LogP contribution in [0.3, 0.4) is 0 Å². The Balaban J connectivity index is 1.35. The molecule has 4 rings (SSSR count). The molecule has 1 fully saturated rings. The average Bonchev–Trinajstić information content (AvgIpc) is 3.33. The summed E-state index contributed by atoms with van der Waals surface area (Å²) in [5.74, 6) is 2.68. The number of hydrogen-bond acceptors (Lipinski definition) is 6. The number of rotatable bonds is 6. The first kappa shape index (κ1) is 17.0. The fourth-order valence-electron chi connectivity index (χ4n) is 3.24. The maximum atomic E-state index is 5.98. The first-order valence-electron chi connectivity index (χ1n) is 9.03. The van der Waals surface area contributed by atoms with Gasteiger partial charge in [0.2, 0.25) is 0 Å². The minimum atomic E-state index is 0.110. The summed E-state index contributed by atoms with van der Waals surface area (Å²) in [4.78, 5) is 6.25. The van der Waals surface area contributed by atoms with E-state index in [1.807, 2.05) is 37.4 Å². The molecule has 3 aromatic heterocycles. The van der Waals surface area contributed by atoms with Crippen LogP contribution in [0.15, 0.2) is 51.7 Å². The van der Waals surface area contributed by atoms with Crippen molar-refractivity contribution in [3.63, 3.8) is 0 Å². The Bertz CT molecular complexity index is 822. The second-order valence-electron chi connectivity index (χ2n) is 6.75. The lowest BCUT2D eigenvalue weighted by atomic mass is 10.1. The fourth-order valence-corrected chi connectivity index (χ4v) is 3.24. The van der Waals surface area contributed by atoms with Crippen molar-refractivity contribution in [2.24, 2.45) is 0 Å². The fraction of sp³-hybridized carbons (Fsp3) is 0.400. The van der Waals surface area contributed by atoms with Crippen molar-refractivity contribution >= 4 is 0 Å². The zero-order chi connectivity index (χ0) is 17.8. The first-order valence-corrected chi connectivity index (χ1v) is 9.03. The van der Waals surface area contributed by atoms with Gasteiger partial charge in [0.15, 0.2) is 5.76 Å². The zero-order valence-electron chi connectivity index (χ0n) is 14.9. The van der Waals surface area contributed by atoms with Gasteiger partial charge in [0.05, 0.1) is 13.1 Å². The van der Waals surface area contributed by atoms with E-state index in [9.17, 15) is 0 Å². The van der Waals surface area contributed by atoms with Gasteiger partial charge < -0.3 is 13.7 Å². The van der Waals surface area contributed by atoms with Crippen LogP contribution in [-0.4, -0.2) is 28.7 Å². The number of hydrogen-bond donors (Lipinski definition) is 0. The van der Waals surface area contributed by atoms with Gasteiger partial charge in [0.1, 0.15) is 23.3 Å². The standard InChI is InChI=1S/C20H23N3O3/c1-23(13-16-7-8-20(25-16)19-6-2-3-10-24-19)14-17-11-18(22-26-17)15-5-4-9-21-12-15/h4-5,7-9,11-12,19H,2-3,6,10,13-14H2,1H3/t19-/m0/s1. The molecule has 0 amide bonds. The normalized spacial score (nSPS) is 17.7. The van der Waals surface area contributed by atoms with Crippen molar-refractivity contribution in [3.8, 4) is 11.3 Å². The van der Waals surface area contributed by atoms with Crippen LogP contribution < -0.4 is 0 Å². The minimum Gasteiger partial charge on any atom is -0.462 e. The van der Waals surface area contributed by atoms with Crippen LogP contribution >= 0.6 is 0 Å². The topological polar surface area (TPSA) is 64.5 Å². The van der Waals surface area contributed by atoms with Crippen molar-refractivity contribution in [1.29, 1.82) is 0 Å². The maximum absolute atomic E-state index is 5.98. The molecule has 1 saturated heterocycles. The van der Waals surface area contributed by atoms with E-state index in [1.165, 1.54) is 6.42 Å². The average molecular weight is 353 g/mol. The first-order chi connectivity index (χ1) is 12.8. The lowest BCUT2D eigenvalue weighted by Crippen LogP contribution is -2.16. The maximum Gasteiger partial charge on any atom is 0.151 e. The molecule has 0 unspecified atom stereocenters. The molecular weight excluding hydrogens is 330 g/mol. The molecule has 26 heavy (non-hydrogen) atoms. The largest absolute Gasteiger partial charge is 0.462 e. The van der Waals surface area contributed by atoms with Gasteiger partial charge in [-0.05, 0) is 50.6 Å². The highest BCUT2D eigenvalue weighted by Gasteiger charge is 2.20. The number of pyridine rings is 1. The molecule has 1 atom stereocenters. The molecule has 0 aromatic carbocycles. The predicted octanol–water partition coefficient (Wildman–Crippen LogP) is 4.20. The van der Waals surface area contributed by atoms with Gasteiger partial charge in [0, 0.05) is 30.6 Å². The van der Waals surface area contributed by atoms with E-state index in [0.29, 0.717) is 13.1 Å². The van der Waals surface area contributed by atoms with Crippen molar-refractivity contribution in [1.82, 2.24) is 15.0 Å². The molecule has 0 spiro atoms. The molecule has 4 heterocycles. The molecule has 1 aliphatic rings. The summed E-state index contributed by atoms with van der Waals surface area (Å²) in [5, 5.41) is 4.13. The highest BCUT2D eigenvalue weighted by Crippen LogP contribution is 2.29.